The first-order valence-electron chi connectivity index (χ1n) is 6.56. The number of hydrogen-bond donors (Lipinski definition) is 0. The molecule has 2 rings (SSSR count). The van der Waals surface area contributed by atoms with Crippen LogP contribution in [-0.2, 0) is 39.3 Å². The van der Waals surface area contributed by atoms with Crippen LogP contribution in [0.2, 0.25) is 5.02 Å². The van der Waals surface area contributed by atoms with Crippen molar-refractivity contribution in [3.63, 3.8) is 0 Å². The summed E-state index contributed by atoms with van der Waals surface area (Å²) in [7, 11) is 0. The molecular formula is C16H12BrClF2NO2Y-. The molecule has 1 aromatic heterocycles. The number of ether oxygens (including phenoxy) is 1. The Hall–Kier alpha value is -0.556. The van der Waals surface area contributed by atoms with Gasteiger partial charge in [0.2, 0.25) is 5.56 Å². The Balaban J connectivity index is 0.00000288. The molecule has 0 spiro atoms. The van der Waals surface area contributed by atoms with Crippen molar-refractivity contribution in [2.45, 2.75) is 13.0 Å². The number of alkyl halides is 2. The van der Waals surface area contributed by atoms with E-state index in [1.54, 1.807) is 24.3 Å². The zero-order valence-electron chi connectivity index (χ0n) is 12.4. The summed E-state index contributed by atoms with van der Waals surface area (Å²) < 4.78 is 32.0. The number of aromatic nitrogens is 1. The molecule has 1 aromatic carbocycles. The van der Waals surface area contributed by atoms with Crippen LogP contribution in [0.1, 0.15) is 0 Å². The van der Waals surface area contributed by atoms with E-state index >= 15 is 0 Å². The largest absolute Gasteiger partial charge is 0.490 e. The van der Waals surface area contributed by atoms with Gasteiger partial charge in [-0.05, 0) is 21.6 Å². The Morgan fingerprint density at radius 3 is 2.75 bits per heavy atom. The molecule has 1 radical (unpaired) electrons. The molecule has 0 atom stereocenters. The molecule has 0 saturated heterocycles. The summed E-state index contributed by atoms with van der Waals surface area (Å²) in [5, 5.41) is 0.271. The van der Waals surface area contributed by atoms with E-state index in [-0.39, 0.29) is 47.9 Å². The van der Waals surface area contributed by atoms with Gasteiger partial charge in [0.25, 0.3) is 6.43 Å². The van der Waals surface area contributed by atoms with E-state index in [2.05, 4.69) is 28.6 Å². The summed E-state index contributed by atoms with van der Waals surface area (Å²) in [6.07, 6.45) is -1.09. The second-order valence-electron chi connectivity index (χ2n) is 4.53. The second kappa shape index (κ2) is 9.80. The molecule has 0 aliphatic carbocycles. The molecule has 3 nitrogen and oxygen atoms in total. The van der Waals surface area contributed by atoms with Gasteiger partial charge in [-0.2, -0.15) is 12.1 Å². The molecule has 0 fully saturated rings. The average molecular weight is 493 g/mol. The maximum atomic E-state index is 12.8. The fourth-order valence-corrected chi connectivity index (χ4v) is 2.56. The third kappa shape index (κ3) is 5.22. The van der Waals surface area contributed by atoms with Gasteiger partial charge in [-0.25, -0.2) is 8.78 Å². The third-order valence-electron chi connectivity index (χ3n) is 2.94. The van der Waals surface area contributed by atoms with Crippen molar-refractivity contribution < 1.29 is 46.2 Å². The molecule has 2 aromatic rings. The van der Waals surface area contributed by atoms with Crippen LogP contribution in [0.3, 0.4) is 0 Å². The smallest absolute Gasteiger partial charge is 0.256 e. The molecule has 0 aliphatic rings. The summed E-state index contributed by atoms with van der Waals surface area (Å²) in [5.74, 6) is 0.513. The van der Waals surface area contributed by atoms with Crippen LogP contribution in [0.5, 0.6) is 5.75 Å². The quantitative estimate of drug-likeness (QED) is 0.438. The Kier molecular flexibility index (Phi) is 8.78. The van der Waals surface area contributed by atoms with Crippen molar-refractivity contribution in [1.29, 1.82) is 0 Å². The Morgan fingerprint density at radius 2 is 2.17 bits per heavy atom. The molecule has 0 aliphatic heterocycles. The Bertz CT molecular complexity index is 783. The summed E-state index contributed by atoms with van der Waals surface area (Å²) in [6, 6.07) is 8.98. The van der Waals surface area contributed by atoms with E-state index in [0.29, 0.717) is 17.9 Å². The molecular weight excluding hydrogens is 480 g/mol. The second-order valence-corrected chi connectivity index (χ2v) is 5.79. The van der Waals surface area contributed by atoms with Crippen molar-refractivity contribution in [3.8, 4) is 17.0 Å². The normalized spacial score (nSPS) is 10.4. The number of hydrogen-bond acceptors (Lipinski definition) is 2. The molecule has 1 heterocycles. The van der Waals surface area contributed by atoms with Gasteiger partial charge in [0.1, 0.15) is 12.4 Å². The van der Waals surface area contributed by atoms with Crippen molar-refractivity contribution in [3.05, 3.63) is 62.8 Å². The maximum absolute atomic E-state index is 12.8. The SMILES string of the molecule is C=CCOc1ccc(-c2[c-]cc(Br)c(=O)n2CC(F)F)c(Cl)c1.[Y]. The summed E-state index contributed by atoms with van der Waals surface area (Å²) in [4.78, 5) is 12.1. The van der Waals surface area contributed by atoms with E-state index in [1.807, 2.05) is 0 Å². The number of nitrogens with zero attached hydrogens (tertiary/aromatic N) is 1. The first-order chi connectivity index (χ1) is 10.9. The van der Waals surface area contributed by atoms with Gasteiger partial charge in [0, 0.05) is 32.7 Å². The molecule has 0 unspecified atom stereocenters. The molecule has 0 amide bonds. The predicted octanol–water partition coefficient (Wildman–Crippen LogP) is 4.56. The van der Waals surface area contributed by atoms with Crippen LogP contribution in [0.15, 0.2) is 46.2 Å². The summed E-state index contributed by atoms with van der Waals surface area (Å²) in [6.45, 7) is 3.12. The van der Waals surface area contributed by atoms with Gasteiger partial charge in [-0.15, -0.1) is 22.0 Å². The number of benzene rings is 1. The standard InChI is InChI=1S/C16H12BrClF2NO2.Y/c1-2-7-23-10-3-4-11(13(18)8-10)14-6-5-12(17)16(22)21(14)9-15(19)20;/h2-5,8,15H,1,7,9H2;/q-1;. The number of rotatable bonds is 6. The van der Waals surface area contributed by atoms with E-state index in [0.717, 1.165) is 4.57 Å². The van der Waals surface area contributed by atoms with Crippen molar-refractivity contribution in [2.75, 3.05) is 6.61 Å². The van der Waals surface area contributed by atoms with Crippen LogP contribution < -0.4 is 10.3 Å². The van der Waals surface area contributed by atoms with Crippen LogP contribution in [0, 0.1) is 6.07 Å². The van der Waals surface area contributed by atoms with E-state index in [4.69, 9.17) is 16.3 Å². The monoisotopic (exact) mass is 491 g/mol. The minimum atomic E-state index is -2.68. The molecule has 0 saturated carbocycles. The molecule has 125 valence electrons. The average Bonchev–Trinajstić information content (AvgIpc) is 2.50. The minimum Gasteiger partial charge on any atom is -0.490 e. The number of halogens is 4. The molecule has 0 bridgehead atoms. The van der Waals surface area contributed by atoms with Crippen molar-refractivity contribution in [1.82, 2.24) is 4.57 Å². The third-order valence-corrected chi connectivity index (χ3v) is 3.82. The minimum absolute atomic E-state index is 0. The predicted molar refractivity (Wildman–Crippen MR) is 89.4 cm³/mol. The topological polar surface area (TPSA) is 31.2 Å². The zero-order valence-corrected chi connectivity index (χ0v) is 17.6. The fourth-order valence-electron chi connectivity index (χ4n) is 1.97. The van der Waals surface area contributed by atoms with Crippen LogP contribution in [-0.4, -0.2) is 17.6 Å². The van der Waals surface area contributed by atoms with Gasteiger partial charge < -0.3 is 9.30 Å². The van der Waals surface area contributed by atoms with Crippen molar-refractivity contribution >= 4 is 27.5 Å². The van der Waals surface area contributed by atoms with Gasteiger partial charge in [-0.3, -0.25) is 4.79 Å². The van der Waals surface area contributed by atoms with Crippen molar-refractivity contribution in [2.24, 2.45) is 0 Å². The molecule has 0 N–H and O–H groups in total. The maximum Gasteiger partial charge on any atom is 0.256 e. The molecule has 24 heavy (non-hydrogen) atoms. The summed E-state index contributed by atoms with van der Waals surface area (Å²) in [5.41, 5.74) is 0.0451. The first-order valence-corrected chi connectivity index (χ1v) is 7.74. The Morgan fingerprint density at radius 1 is 1.46 bits per heavy atom. The Labute approximate surface area is 176 Å². The van der Waals surface area contributed by atoms with Gasteiger partial charge in [0.15, 0.2) is 0 Å². The van der Waals surface area contributed by atoms with Crippen LogP contribution in [0.25, 0.3) is 11.3 Å². The van der Waals surface area contributed by atoms with E-state index in [1.165, 1.54) is 6.07 Å². The van der Waals surface area contributed by atoms with Gasteiger partial charge in [-0.1, -0.05) is 35.5 Å². The van der Waals surface area contributed by atoms with Gasteiger partial charge >= 0.3 is 0 Å². The zero-order chi connectivity index (χ0) is 17.0. The van der Waals surface area contributed by atoms with Crippen LogP contribution in [0.4, 0.5) is 8.78 Å². The summed E-state index contributed by atoms with van der Waals surface area (Å²) >= 11 is 9.23. The first kappa shape index (κ1) is 21.5. The number of pyridine rings is 1. The van der Waals surface area contributed by atoms with Crippen LogP contribution >= 0.6 is 27.5 Å². The van der Waals surface area contributed by atoms with E-state index in [9.17, 15) is 13.6 Å². The van der Waals surface area contributed by atoms with Gasteiger partial charge in [0.05, 0.1) is 6.54 Å². The molecule has 8 heteroatoms. The fraction of sp³-hybridized carbons (Fsp3) is 0.188. The van der Waals surface area contributed by atoms with E-state index < -0.39 is 18.5 Å².